The topological polar surface area (TPSA) is 86.6 Å². The van der Waals surface area contributed by atoms with E-state index in [4.69, 9.17) is 0 Å². The average molecular weight is 433 g/mol. The van der Waals surface area contributed by atoms with Crippen LogP contribution in [0.4, 0.5) is 11.4 Å². The average Bonchev–Trinajstić information content (AvgIpc) is 3.26. The lowest BCUT2D eigenvalue weighted by atomic mass is 10.1. The molecule has 2 aromatic carbocycles. The fraction of sp³-hybridized carbons (Fsp3) is 0. The molecule has 3 aromatic heterocycles. The van der Waals surface area contributed by atoms with Crippen molar-refractivity contribution >= 4 is 40.3 Å². The zero-order valence-electron chi connectivity index (χ0n) is 17.6. The molecule has 0 aliphatic carbocycles. The van der Waals surface area contributed by atoms with Crippen molar-refractivity contribution in [3.05, 3.63) is 114 Å². The van der Waals surface area contributed by atoms with Crippen molar-refractivity contribution in [2.24, 2.45) is 0 Å². The number of benzene rings is 2. The van der Waals surface area contributed by atoms with Crippen molar-refractivity contribution < 1.29 is 9.47 Å². The summed E-state index contributed by atoms with van der Waals surface area (Å²) in [7, 11) is 0. The molecule has 1 amide bonds. The number of fused-ring (bicyclic) bond motifs is 1. The Bertz CT molecular complexity index is 1430. The van der Waals surface area contributed by atoms with Gasteiger partial charge in [0.05, 0.1) is 28.2 Å². The summed E-state index contributed by atoms with van der Waals surface area (Å²) < 4.78 is 1.62. The maximum absolute atomic E-state index is 12.8. The number of amides is 1. The van der Waals surface area contributed by atoms with Gasteiger partial charge in [-0.05, 0) is 54.6 Å². The van der Waals surface area contributed by atoms with Crippen LogP contribution in [0.2, 0.25) is 0 Å². The molecule has 0 aliphatic heterocycles. The van der Waals surface area contributed by atoms with Gasteiger partial charge in [0, 0.05) is 29.4 Å². The Morgan fingerprint density at radius 1 is 0.909 bits per heavy atom. The Balaban J connectivity index is 1.37. The molecule has 5 rings (SSSR count). The number of para-hydroxylation sites is 1. The van der Waals surface area contributed by atoms with Crippen molar-refractivity contribution in [2.45, 2.75) is 0 Å². The second-order valence-electron chi connectivity index (χ2n) is 7.35. The molecule has 0 saturated heterocycles. The molecule has 7 nitrogen and oxygen atoms in total. The number of hydrogen-bond acceptors (Lipinski definition) is 4. The minimum atomic E-state index is -0.209. The van der Waals surface area contributed by atoms with Gasteiger partial charge in [-0.15, -0.1) is 5.43 Å². The third kappa shape index (κ3) is 4.62. The zero-order valence-corrected chi connectivity index (χ0v) is 17.6. The molecule has 0 radical (unpaired) electrons. The maximum atomic E-state index is 12.8. The highest BCUT2D eigenvalue weighted by atomic mass is 16.2. The monoisotopic (exact) mass is 433 g/mol. The fourth-order valence-electron chi connectivity index (χ4n) is 3.48. The van der Waals surface area contributed by atoms with Crippen LogP contribution in [-0.2, 0) is 0 Å². The van der Waals surface area contributed by atoms with Crippen LogP contribution in [-0.4, -0.2) is 21.1 Å². The highest BCUT2D eigenvalue weighted by Crippen LogP contribution is 2.26. The van der Waals surface area contributed by atoms with Crippen LogP contribution < -0.4 is 15.4 Å². The van der Waals surface area contributed by atoms with Crippen LogP contribution in [0.25, 0.3) is 23.1 Å². The van der Waals surface area contributed by atoms with Crippen molar-refractivity contribution in [2.75, 3.05) is 10.7 Å². The largest absolute Gasteiger partial charge is 0.355 e. The summed E-state index contributed by atoms with van der Waals surface area (Å²) in [4.78, 5) is 17.1. The van der Waals surface area contributed by atoms with E-state index in [-0.39, 0.29) is 5.91 Å². The number of carbonyl (C=O) groups excluding carboxylic acids is 1. The van der Waals surface area contributed by atoms with Crippen molar-refractivity contribution in [1.82, 2.24) is 15.2 Å². The van der Waals surface area contributed by atoms with Crippen LogP contribution in [0.5, 0.6) is 0 Å². The summed E-state index contributed by atoms with van der Waals surface area (Å²) in [5.74, 6) is -0.209. The number of aromatic amines is 1. The molecule has 7 heteroatoms. The van der Waals surface area contributed by atoms with Gasteiger partial charge in [-0.3, -0.25) is 14.9 Å². The fourth-order valence-corrected chi connectivity index (χ4v) is 3.48. The van der Waals surface area contributed by atoms with Gasteiger partial charge in [0.25, 0.3) is 0 Å². The molecule has 5 aromatic rings. The minimum absolute atomic E-state index is 0.209. The Labute approximate surface area is 190 Å². The second-order valence-corrected chi connectivity index (χ2v) is 7.35. The summed E-state index contributed by atoms with van der Waals surface area (Å²) in [6, 6.07) is 24.7. The Kier molecular flexibility index (Phi) is 5.59. The van der Waals surface area contributed by atoms with Crippen LogP contribution >= 0.6 is 0 Å². The lowest BCUT2D eigenvalue weighted by Crippen LogP contribution is -2.47. The van der Waals surface area contributed by atoms with Crippen LogP contribution in [0.1, 0.15) is 21.7 Å². The summed E-state index contributed by atoms with van der Waals surface area (Å²) >= 11 is 0. The SMILES string of the molecule is O=C(N[n+]1ccccc1)c1ccccc1Nc1ccc2c(/C=C/c3ccccn3)n[nH]c2c1. The molecule has 0 bridgehead atoms. The number of nitrogens with one attached hydrogen (secondary N) is 3. The number of carbonyl (C=O) groups is 1. The van der Waals surface area contributed by atoms with E-state index >= 15 is 0 Å². The lowest BCUT2D eigenvalue weighted by molar-refractivity contribution is -0.641. The lowest BCUT2D eigenvalue weighted by Gasteiger charge is -2.11. The van der Waals surface area contributed by atoms with Crippen molar-refractivity contribution in [1.29, 1.82) is 0 Å². The Morgan fingerprint density at radius 3 is 2.61 bits per heavy atom. The molecular formula is C26H21N6O+. The summed E-state index contributed by atoms with van der Waals surface area (Å²) in [6.45, 7) is 0. The normalized spacial score (nSPS) is 11.0. The molecule has 3 heterocycles. The molecule has 0 atom stereocenters. The summed E-state index contributed by atoms with van der Waals surface area (Å²) in [5.41, 5.74) is 7.55. The van der Waals surface area contributed by atoms with Crippen LogP contribution in [0.3, 0.4) is 0 Å². The van der Waals surface area contributed by atoms with Gasteiger partial charge in [-0.2, -0.15) is 5.10 Å². The van der Waals surface area contributed by atoms with E-state index in [1.54, 1.807) is 29.3 Å². The van der Waals surface area contributed by atoms with Crippen LogP contribution in [0, 0.1) is 0 Å². The molecule has 160 valence electrons. The van der Waals surface area contributed by atoms with Crippen molar-refractivity contribution in [3.8, 4) is 0 Å². The van der Waals surface area contributed by atoms with Gasteiger partial charge < -0.3 is 5.32 Å². The van der Waals surface area contributed by atoms with E-state index in [1.807, 2.05) is 84.9 Å². The molecule has 0 aliphatic rings. The predicted octanol–water partition coefficient (Wildman–Crippen LogP) is 4.54. The molecule has 3 N–H and O–H groups in total. The van der Waals surface area contributed by atoms with Gasteiger partial charge >= 0.3 is 5.91 Å². The third-order valence-corrected chi connectivity index (χ3v) is 5.09. The van der Waals surface area contributed by atoms with E-state index in [0.29, 0.717) is 11.3 Å². The standard InChI is InChI=1S/C26H20N6O/c33-26(31-32-16-6-1-7-17-32)22-9-2-3-10-23(22)28-20-11-13-21-24(29-30-25(21)18-20)14-12-19-8-4-5-15-27-19/h1-18H,(H2-,27,28,29,30,31,33)/p+1. The van der Waals surface area contributed by atoms with Gasteiger partial charge in [-0.1, -0.05) is 28.9 Å². The Morgan fingerprint density at radius 2 is 1.76 bits per heavy atom. The predicted molar refractivity (Wildman–Crippen MR) is 129 cm³/mol. The zero-order chi connectivity index (χ0) is 22.5. The first-order valence-corrected chi connectivity index (χ1v) is 10.5. The van der Waals surface area contributed by atoms with E-state index in [2.05, 4.69) is 25.9 Å². The van der Waals surface area contributed by atoms with E-state index in [1.165, 1.54) is 0 Å². The molecular weight excluding hydrogens is 412 g/mol. The summed E-state index contributed by atoms with van der Waals surface area (Å²) in [6.07, 6.45) is 9.19. The number of rotatable bonds is 6. The number of hydrogen-bond donors (Lipinski definition) is 3. The number of H-pyrrole nitrogens is 1. The first-order chi connectivity index (χ1) is 16.3. The van der Waals surface area contributed by atoms with E-state index in [9.17, 15) is 4.79 Å². The number of nitrogens with zero attached hydrogens (tertiary/aromatic N) is 3. The van der Waals surface area contributed by atoms with Gasteiger partial charge in [0.1, 0.15) is 0 Å². The van der Waals surface area contributed by atoms with E-state index in [0.717, 1.165) is 28.0 Å². The molecule has 0 spiro atoms. The number of pyridine rings is 2. The van der Waals surface area contributed by atoms with Crippen molar-refractivity contribution in [3.63, 3.8) is 0 Å². The molecule has 0 saturated carbocycles. The first-order valence-electron chi connectivity index (χ1n) is 10.5. The number of anilines is 2. The minimum Gasteiger partial charge on any atom is -0.355 e. The number of aromatic nitrogens is 4. The summed E-state index contributed by atoms with van der Waals surface area (Å²) in [5, 5.41) is 11.8. The quantitative estimate of drug-likeness (QED) is 0.343. The van der Waals surface area contributed by atoms with E-state index < -0.39 is 0 Å². The Hall–Kier alpha value is -4.78. The van der Waals surface area contributed by atoms with Gasteiger partial charge in [0.15, 0.2) is 12.4 Å². The third-order valence-electron chi connectivity index (χ3n) is 5.09. The second kappa shape index (κ2) is 9.15. The smallest absolute Gasteiger partial charge is 0.307 e. The molecule has 33 heavy (non-hydrogen) atoms. The van der Waals surface area contributed by atoms with Gasteiger partial charge in [-0.25, -0.2) is 0 Å². The first kappa shape index (κ1) is 20.1. The highest BCUT2D eigenvalue weighted by molar-refractivity contribution is 6.04. The van der Waals surface area contributed by atoms with Gasteiger partial charge in [0.2, 0.25) is 0 Å². The molecule has 0 unspecified atom stereocenters. The molecule has 0 fully saturated rings. The van der Waals surface area contributed by atoms with Crippen LogP contribution in [0.15, 0.2) is 97.5 Å². The highest BCUT2D eigenvalue weighted by Gasteiger charge is 2.15. The maximum Gasteiger partial charge on any atom is 0.307 e.